The molecule has 1 aliphatic heterocycles. The molecule has 1 aromatic carbocycles. The van der Waals surface area contributed by atoms with Crippen molar-refractivity contribution in [2.24, 2.45) is 0 Å². The summed E-state index contributed by atoms with van der Waals surface area (Å²) in [6.45, 7) is 4.07. The van der Waals surface area contributed by atoms with Crippen LogP contribution in [-0.2, 0) is 4.79 Å². The molecule has 1 fully saturated rings. The van der Waals surface area contributed by atoms with E-state index < -0.39 is 5.54 Å². The zero-order chi connectivity index (χ0) is 12.6. The Kier molecular flexibility index (Phi) is 2.96. The summed E-state index contributed by atoms with van der Waals surface area (Å²) in [5.74, 6) is -0.00247. The molecule has 4 heteroatoms. The van der Waals surface area contributed by atoms with E-state index in [1.54, 1.807) is 43.0 Å². The van der Waals surface area contributed by atoms with Crippen LogP contribution in [-0.4, -0.2) is 28.7 Å². The van der Waals surface area contributed by atoms with Gasteiger partial charge in [-0.2, -0.15) is 0 Å². The summed E-state index contributed by atoms with van der Waals surface area (Å²) in [4.78, 5) is 25.6. The monoisotopic (exact) mass is 251 g/mol. The van der Waals surface area contributed by atoms with Crippen LogP contribution in [0.3, 0.4) is 0 Å². The topological polar surface area (TPSA) is 37.4 Å². The fraction of sp³-hybridized carbons (Fsp3) is 0.385. The zero-order valence-electron chi connectivity index (χ0n) is 9.87. The number of Topliss-reactive ketones (excluding diaryl/α,β-unsaturated/α-hetero) is 1. The van der Waals surface area contributed by atoms with Gasteiger partial charge in [0.15, 0.2) is 5.78 Å². The minimum atomic E-state index is -0.698. The lowest BCUT2D eigenvalue weighted by atomic mass is 10.00. The van der Waals surface area contributed by atoms with Crippen LogP contribution in [0, 0.1) is 0 Å². The van der Waals surface area contributed by atoms with E-state index in [0.717, 1.165) is 0 Å². The number of amides is 1. The van der Waals surface area contributed by atoms with Crippen LogP contribution in [0.4, 0.5) is 0 Å². The molecule has 0 radical (unpaired) electrons. The average Bonchev–Trinajstić information content (AvgIpc) is 2.54. The first-order valence-electron chi connectivity index (χ1n) is 5.54. The maximum absolute atomic E-state index is 12.3. The number of hydrogen-bond donors (Lipinski definition) is 0. The Balaban J connectivity index is 2.27. The summed E-state index contributed by atoms with van der Waals surface area (Å²) in [6.07, 6.45) is 0.437. The first kappa shape index (κ1) is 12.1. The van der Waals surface area contributed by atoms with Gasteiger partial charge in [0.25, 0.3) is 5.91 Å². The molecular formula is C13H14ClNO2. The molecule has 0 N–H and O–H groups in total. The van der Waals surface area contributed by atoms with Gasteiger partial charge in [-0.15, -0.1) is 0 Å². The van der Waals surface area contributed by atoms with Gasteiger partial charge in [-0.3, -0.25) is 9.59 Å². The van der Waals surface area contributed by atoms with E-state index in [0.29, 0.717) is 23.6 Å². The summed E-state index contributed by atoms with van der Waals surface area (Å²) >= 11 is 5.78. The first-order chi connectivity index (χ1) is 7.93. The third-order valence-electron chi connectivity index (χ3n) is 3.26. The molecular weight excluding hydrogens is 238 g/mol. The molecule has 0 atom stereocenters. The third-order valence-corrected chi connectivity index (χ3v) is 3.51. The lowest BCUT2D eigenvalue weighted by molar-refractivity contribution is -0.123. The first-order valence-corrected chi connectivity index (χ1v) is 5.91. The summed E-state index contributed by atoms with van der Waals surface area (Å²) < 4.78 is 0. The van der Waals surface area contributed by atoms with Gasteiger partial charge in [0.05, 0.1) is 5.54 Å². The average molecular weight is 252 g/mol. The van der Waals surface area contributed by atoms with Gasteiger partial charge in [-0.25, -0.2) is 0 Å². The van der Waals surface area contributed by atoms with Crippen LogP contribution in [0.2, 0.25) is 5.02 Å². The maximum Gasteiger partial charge on any atom is 0.254 e. The molecule has 0 bridgehead atoms. The largest absolute Gasteiger partial charge is 0.326 e. The molecule has 1 saturated heterocycles. The highest BCUT2D eigenvalue weighted by molar-refractivity contribution is 6.30. The second-order valence-electron chi connectivity index (χ2n) is 4.70. The Morgan fingerprint density at radius 3 is 2.35 bits per heavy atom. The molecule has 1 aliphatic rings. The van der Waals surface area contributed by atoms with Gasteiger partial charge >= 0.3 is 0 Å². The molecule has 0 saturated carbocycles. The third kappa shape index (κ3) is 2.07. The predicted molar refractivity (Wildman–Crippen MR) is 66.2 cm³/mol. The van der Waals surface area contributed by atoms with Crippen LogP contribution < -0.4 is 0 Å². The van der Waals surface area contributed by atoms with Gasteiger partial charge in [0, 0.05) is 23.6 Å². The highest BCUT2D eigenvalue weighted by Crippen LogP contribution is 2.27. The zero-order valence-corrected chi connectivity index (χ0v) is 10.6. The number of likely N-dealkylation sites (tertiary alicyclic amines) is 1. The second-order valence-corrected chi connectivity index (χ2v) is 5.13. The molecule has 1 amide bonds. The van der Waals surface area contributed by atoms with Crippen LogP contribution in [0.1, 0.15) is 30.6 Å². The van der Waals surface area contributed by atoms with Crippen LogP contribution >= 0.6 is 11.6 Å². The van der Waals surface area contributed by atoms with Crippen LogP contribution in [0.15, 0.2) is 24.3 Å². The van der Waals surface area contributed by atoms with Gasteiger partial charge in [0.1, 0.15) is 0 Å². The van der Waals surface area contributed by atoms with E-state index in [9.17, 15) is 9.59 Å². The van der Waals surface area contributed by atoms with Gasteiger partial charge in [0.2, 0.25) is 0 Å². The van der Waals surface area contributed by atoms with E-state index in [4.69, 9.17) is 11.6 Å². The molecule has 0 aromatic heterocycles. The van der Waals surface area contributed by atoms with Crippen LogP contribution in [0.5, 0.6) is 0 Å². The van der Waals surface area contributed by atoms with Gasteiger partial charge in [-0.05, 0) is 38.1 Å². The van der Waals surface area contributed by atoms with E-state index >= 15 is 0 Å². The lowest BCUT2D eigenvalue weighted by Crippen LogP contribution is -2.46. The molecule has 0 spiro atoms. The Bertz CT molecular complexity index is 465. The molecule has 1 heterocycles. The van der Waals surface area contributed by atoms with Crippen molar-refractivity contribution in [3.05, 3.63) is 34.9 Å². The summed E-state index contributed by atoms with van der Waals surface area (Å²) in [6, 6.07) is 6.73. The molecule has 1 aromatic rings. The SMILES string of the molecule is CC1(C)C(=O)CCN1C(=O)c1ccc(Cl)cc1. The second kappa shape index (κ2) is 4.15. The Labute approximate surface area is 105 Å². The number of carbonyl (C=O) groups is 2. The summed E-state index contributed by atoms with van der Waals surface area (Å²) in [7, 11) is 0. The van der Waals surface area contributed by atoms with Crippen molar-refractivity contribution in [2.75, 3.05) is 6.54 Å². The smallest absolute Gasteiger partial charge is 0.254 e. The molecule has 2 rings (SSSR count). The summed E-state index contributed by atoms with van der Waals surface area (Å²) in [5, 5.41) is 0.596. The summed E-state index contributed by atoms with van der Waals surface area (Å²) in [5.41, 5.74) is -0.131. The minimum Gasteiger partial charge on any atom is -0.326 e. The molecule has 0 unspecified atom stereocenters. The molecule has 90 valence electrons. The Hall–Kier alpha value is -1.35. The highest BCUT2D eigenvalue weighted by Gasteiger charge is 2.42. The van der Waals surface area contributed by atoms with Crippen molar-refractivity contribution in [1.82, 2.24) is 4.90 Å². The van der Waals surface area contributed by atoms with E-state index in [1.165, 1.54) is 0 Å². The van der Waals surface area contributed by atoms with E-state index in [1.807, 2.05) is 0 Å². The number of rotatable bonds is 1. The van der Waals surface area contributed by atoms with Crippen molar-refractivity contribution in [3.63, 3.8) is 0 Å². The van der Waals surface area contributed by atoms with Crippen LogP contribution in [0.25, 0.3) is 0 Å². The fourth-order valence-corrected chi connectivity index (χ4v) is 2.18. The number of hydrogen-bond acceptors (Lipinski definition) is 2. The lowest BCUT2D eigenvalue weighted by Gasteiger charge is -2.30. The van der Waals surface area contributed by atoms with Crippen molar-refractivity contribution in [1.29, 1.82) is 0 Å². The number of carbonyl (C=O) groups excluding carboxylic acids is 2. The standard InChI is InChI=1S/C13H14ClNO2/c1-13(2)11(16)7-8-15(13)12(17)9-3-5-10(14)6-4-9/h3-6H,7-8H2,1-2H3. The van der Waals surface area contributed by atoms with Gasteiger partial charge < -0.3 is 4.90 Å². The van der Waals surface area contributed by atoms with Crippen molar-refractivity contribution in [3.8, 4) is 0 Å². The normalized spacial score (nSPS) is 18.5. The minimum absolute atomic E-state index is 0.111. The predicted octanol–water partition coefficient (Wildman–Crippen LogP) is 2.53. The van der Waals surface area contributed by atoms with Crippen molar-refractivity contribution < 1.29 is 9.59 Å². The maximum atomic E-state index is 12.3. The van der Waals surface area contributed by atoms with E-state index in [2.05, 4.69) is 0 Å². The Morgan fingerprint density at radius 2 is 1.88 bits per heavy atom. The van der Waals surface area contributed by atoms with Crippen molar-refractivity contribution in [2.45, 2.75) is 25.8 Å². The van der Waals surface area contributed by atoms with Gasteiger partial charge in [-0.1, -0.05) is 11.6 Å². The number of halogens is 1. The quantitative estimate of drug-likeness (QED) is 0.769. The number of nitrogens with zero attached hydrogens (tertiary/aromatic N) is 1. The Morgan fingerprint density at radius 1 is 1.29 bits per heavy atom. The molecule has 3 nitrogen and oxygen atoms in total. The highest BCUT2D eigenvalue weighted by atomic mass is 35.5. The molecule has 17 heavy (non-hydrogen) atoms. The number of ketones is 1. The van der Waals surface area contributed by atoms with Crippen molar-refractivity contribution >= 4 is 23.3 Å². The van der Waals surface area contributed by atoms with E-state index in [-0.39, 0.29) is 11.7 Å². The fourth-order valence-electron chi connectivity index (χ4n) is 2.05. The molecule has 0 aliphatic carbocycles. The number of benzene rings is 1.